The van der Waals surface area contributed by atoms with E-state index in [4.69, 9.17) is 28.7 Å². The lowest BCUT2D eigenvalue weighted by Gasteiger charge is -2.05. The molecule has 1 aromatic carbocycles. The zero-order chi connectivity index (χ0) is 13.7. The van der Waals surface area contributed by atoms with Gasteiger partial charge in [0.2, 0.25) is 0 Å². The number of esters is 1. The Labute approximate surface area is 114 Å². The molecule has 18 heavy (non-hydrogen) atoms. The average Bonchev–Trinajstić information content (AvgIpc) is 2.37. The molecule has 0 aliphatic heterocycles. The molecule has 94 valence electrons. The van der Waals surface area contributed by atoms with Crippen LogP contribution in [-0.4, -0.2) is 13.1 Å². The highest BCUT2D eigenvalue weighted by Gasteiger charge is 2.11. The van der Waals surface area contributed by atoms with Crippen molar-refractivity contribution in [2.75, 3.05) is 7.11 Å². The van der Waals surface area contributed by atoms with Crippen molar-refractivity contribution in [3.05, 3.63) is 49.4 Å². The van der Waals surface area contributed by atoms with Gasteiger partial charge in [0, 0.05) is 4.91 Å². The number of hydrogen-bond acceptors (Lipinski definition) is 3. The average molecular weight is 286 g/mol. The Kier molecular flexibility index (Phi) is 5.04. The Bertz CT molecular complexity index is 564. The first kappa shape index (κ1) is 14.4. The fourth-order valence-electron chi connectivity index (χ4n) is 1.20. The third-order valence-electron chi connectivity index (χ3n) is 2.14. The summed E-state index contributed by atoms with van der Waals surface area (Å²) >= 11 is 12.0. The van der Waals surface area contributed by atoms with Crippen molar-refractivity contribution >= 4 is 35.2 Å². The second-order valence-corrected chi connectivity index (χ2v) is 4.07. The Balaban J connectivity index is 3.33. The molecule has 0 aliphatic rings. The van der Waals surface area contributed by atoms with E-state index >= 15 is 0 Å². The van der Waals surface area contributed by atoms with E-state index in [9.17, 15) is 4.79 Å². The Morgan fingerprint density at radius 2 is 2.11 bits per heavy atom. The molecule has 0 amide bonds. The van der Waals surface area contributed by atoms with Gasteiger partial charge in [-0.1, -0.05) is 40.4 Å². The number of ether oxygens (including phenoxy) is 1. The first-order valence-electron chi connectivity index (χ1n) is 4.81. The maximum Gasteiger partial charge on any atom is 0.340 e. The standard InChI is InChI=1S/C11H9Cl2N3O2/c1-6-3-4-7(10(13)9(6)12)5-8(15-16-14)11(17)18-2/h3-5H,1-2H3/b8-5-. The molecule has 1 aromatic rings. The van der Waals surface area contributed by atoms with Crippen LogP contribution in [0.2, 0.25) is 10.0 Å². The summed E-state index contributed by atoms with van der Waals surface area (Å²) in [6.07, 6.45) is 1.32. The molecule has 0 saturated carbocycles. The van der Waals surface area contributed by atoms with E-state index in [1.807, 2.05) is 0 Å². The van der Waals surface area contributed by atoms with Crippen LogP contribution in [0.3, 0.4) is 0 Å². The number of halogens is 2. The summed E-state index contributed by atoms with van der Waals surface area (Å²) in [5.74, 6) is -0.749. The van der Waals surface area contributed by atoms with Crippen LogP contribution >= 0.6 is 23.2 Å². The number of methoxy groups -OCH3 is 1. The quantitative estimate of drug-likeness (QED) is 0.275. The fourth-order valence-corrected chi connectivity index (χ4v) is 1.64. The molecule has 0 heterocycles. The van der Waals surface area contributed by atoms with Gasteiger partial charge in [0.05, 0.1) is 17.2 Å². The smallest absolute Gasteiger partial charge is 0.340 e. The minimum atomic E-state index is -0.749. The SMILES string of the molecule is COC(=O)/C(=C/c1ccc(C)c(Cl)c1Cl)N=[N+]=[N-]. The molecule has 0 spiro atoms. The van der Waals surface area contributed by atoms with E-state index < -0.39 is 5.97 Å². The molecule has 0 bridgehead atoms. The van der Waals surface area contributed by atoms with Gasteiger partial charge in [-0.15, -0.1) is 0 Å². The Morgan fingerprint density at radius 3 is 2.67 bits per heavy atom. The van der Waals surface area contributed by atoms with Crippen LogP contribution < -0.4 is 0 Å². The fraction of sp³-hybridized carbons (Fsp3) is 0.182. The second-order valence-electron chi connectivity index (χ2n) is 3.31. The number of nitrogens with zero attached hydrogens (tertiary/aromatic N) is 3. The maximum absolute atomic E-state index is 11.3. The van der Waals surface area contributed by atoms with Gasteiger partial charge in [-0.2, -0.15) is 0 Å². The van der Waals surface area contributed by atoms with Crippen molar-refractivity contribution in [2.45, 2.75) is 6.92 Å². The lowest BCUT2D eigenvalue weighted by molar-refractivity contribution is -0.136. The first-order chi connectivity index (χ1) is 8.51. The van der Waals surface area contributed by atoms with Gasteiger partial charge in [0.25, 0.3) is 0 Å². The number of rotatable bonds is 3. The number of benzene rings is 1. The van der Waals surface area contributed by atoms with Crippen LogP contribution in [0.25, 0.3) is 16.5 Å². The molecule has 0 fully saturated rings. The maximum atomic E-state index is 11.3. The predicted octanol–water partition coefficient (Wildman–Crippen LogP) is 4.13. The molecule has 7 heteroatoms. The minimum absolute atomic E-state index is 0.193. The van der Waals surface area contributed by atoms with Crippen molar-refractivity contribution in [3.8, 4) is 0 Å². The van der Waals surface area contributed by atoms with Crippen molar-refractivity contribution < 1.29 is 9.53 Å². The topological polar surface area (TPSA) is 75.1 Å². The van der Waals surface area contributed by atoms with Crippen LogP contribution in [0.1, 0.15) is 11.1 Å². The van der Waals surface area contributed by atoms with E-state index in [2.05, 4.69) is 14.8 Å². The summed E-state index contributed by atoms with van der Waals surface area (Å²) in [5, 5.41) is 3.92. The normalized spacial score (nSPS) is 10.8. The molecular formula is C11H9Cl2N3O2. The third kappa shape index (κ3) is 3.17. The van der Waals surface area contributed by atoms with Crippen molar-refractivity contribution in [3.63, 3.8) is 0 Å². The number of carbonyl (C=O) groups is 1. The molecule has 0 N–H and O–H groups in total. The van der Waals surface area contributed by atoms with Gasteiger partial charge in [-0.3, -0.25) is 0 Å². The summed E-state index contributed by atoms with van der Waals surface area (Å²) < 4.78 is 4.48. The molecular weight excluding hydrogens is 277 g/mol. The largest absolute Gasteiger partial charge is 0.466 e. The summed E-state index contributed by atoms with van der Waals surface area (Å²) in [6.45, 7) is 1.80. The Hall–Kier alpha value is -1.68. The molecule has 0 aliphatic carbocycles. The zero-order valence-corrected chi connectivity index (χ0v) is 11.2. The summed E-state index contributed by atoms with van der Waals surface area (Å²) in [5.41, 5.74) is 9.46. The van der Waals surface area contributed by atoms with E-state index in [0.717, 1.165) is 5.56 Å². The highest BCUT2D eigenvalue weighted by molar-refractivity contribution is 6.43. The number of azide groups is 1. The summed E-state index contributed by atoms with van der Waals surface area (Å²) in [4.78, 5) is 13.9. The van der Waals surface area contributed by atoms with Crippen molar-refractivity contribution in [1.29, 1.82) is 0 Å². The van der Waals surface area contributed by atoms with Gasteiger partial charge in [0.1, 0.15) is 5.70 Å². The lowest BCUT2D eigenvalue weighted by Crippen LogP contribution is -2.02. The summed E-state index contributed by atoms with van der Waals surface area (Å²) in [6, 6.07) is 3.41. The first-order valence-corrected chi connectivity index (χ1v) is 5.56. The van der Waals surface area contributed by atoms with Crippen LogP contribution in [0.4, 0.5) is 0 Å². The highest BCUT2D eigenvalue weighted by atomic mass is 35.5. The second kappa shape index (κ2) is 6.31. The molecule has 0 atom stereocenters. The molecule has 0 saturated heterocycles. The molecule has 5 nitrogen and oxygen atoms in total. The Morgan fingerprint density at radius 1 is 1.44 bits per heavy atom. The molecule has 0 aromatic heterocycles. The van der Waals surface area contributed by atoms with Gasteiger partial charge in [0.15, 0.2) is 0 Å². The highest BCUT2D eigenvalue weighted by Crippen LogP contribution is 2.30. The van der Waals surface area contributed by atoms with Crippen LogP contribution in [0.15, 0.2) is 22.9 Å². The minimum Gasteiger partial charge on any atom is -0.466 e. The van der Waals surface area contributed by atoms with E-state index in [1.54, 1.807) is 19.1 Å². The predicted molar refractivity (Wildman–Crippen MR) is 70.3 cm³/mol. The van der Waals surface area contributed by atoms with E-state index in [1.165, 1.54) is 13.2 Å². The van der Waals surface area contributed by atoms with E-state index in [-0.39, 0.29) is 10.7 Å². The lowest BCUT2D eigenvalue weighted by atomic mass is 10.1. The summed E-state index contributed by atoms with van der Waals surface area (Å²) in [7, 11) is 1.19. The van der Waals surface area contributed by atoms with Gasteiger partial charge < -0.3 is 4.74 Å². The third-order valence-corrected chi connectivity index (χ3v) is 3.14. The van der Waals surface area contributed by atoms with Crippen LogP contribution in [0, 0.1) is 6.92 Å². The van der Waals surface area contributed by atoms with Crippen LogP contribution in [0.5, 0.6) is 0 Å². The number of hydrogen-bond donors (Lipinski definition) is 0. The van der Waals surface area contributed by atoms with Crippen LogP contribution in [-0.2, 0) is 9.53 Å². The van der Waals surface area contributed by atoms with E-state index in [0.29, 0.717) is 10.6 Å². The van der Waals surface area contributed by atoms with Crippen molar-refractivity contribution in [2.24, 2.45) is 5.11 Å². The van der Waals surface area contributed by atoms with Crippen molar-refractivity contribution in [1.82, 2.24) is 0 Å². The number of carbonyl (C=O) groups excluding carboxylic acids is 1. The van der Waals surface area contributed by atoms with Gasteiger partial charge >= 0.3 is 5.97 Å². The number of aryl methyl sites for hydroxylation is 1. The van der Waals surface area contributed by atoms with Gasteiger partial charge in [-0.05, 0) is 29.7 Å². The molecule has 1 rings (SSSR count). The molecule has 0 unspecified atom stereocenters. The molecule has 0 radical (unpaired) electrons. The monoisotopic (exact) mass is 285 g/mol. The zero-order valence-electron chi connectivity index (χ0n) is 9.65. The van der Waals surface area contributed by atoms with Gasteiger partial charge in [-0.25, -0.2) is 4.79 Å².